The molecule has 1 aliphatic carbocycles. The third kappa shape index (κ3) is 2.63. The van der Waals surface area contributed by atoms with Crippen LogP contribution in [0.5, 0.6) is 0 Å². The molecule has 0 atom stereocenters. The van der Waals surface area contributed by atoms with Gasteiger partial charge in [0.25, 0.3) is 0 Å². The van der Waals surface area contributed by atoms with Crippen molar-refractivity contribution < 1.29 is 21.9 Å². The zero-order valence-corrected chi connectivity index (χ0v) is 9.40. The SMILES string of the molecule is Nc1ccc2c(c1)CC(OS(=O)(=O)O)=CC2=O. The molecule has 0 spiro atoms. The van der Waals surface area contributed by atoms with Crippen LogP contribution in [0, 0.1) is 0 Å². The average Bonchev–Trinajstić information content (AvgIpc) is 2.13. The molecule has 0 saturated carbocycles. The normalized spacial score (nSPS) is 15.1. The van der Waals surface area contributed by atoms with Crippen molar-refractivity contribution in [1.29, 1.82) is 0 Å². The molecule has 0 radical (unpaired) electrons. The van der Waals surface area contributed by atoms with Gasteiger partial charge in [0, 0.05) is 23.7 Å². The second-order valence-electron chi connectivity index (χ2n) is 3.58. The first kappa shape index (κ1) is 11.6. The molecule has 17 heavy (non-hydrogen) atoms. The Kier molecular flexibility index (Phi) is 2.64. The quantitative estimate of drug-likeness (QED) is 0.595. The molecule has 0 amide bonds. The first-order valence-corrected chi connectivity index (χ1v) is 6.02. The van der Waals surface area contributed by atoms with Crippen LogP contribution in [0.1, 0.15) is 15.9 Å². The van der Waals surface area contributed by atoms with Crippen molar-refractivity contribution >= 4 is 21.9 Å². The van der Waals surface area contributed by atoms with Crippen LogP contribution < -0.4 is 5.73 Å². The van der Waals surface area contributed by atoms with Crippen molar-refractivity contribution in [2.24, 2.45) is 0 Å². The van der Waals surface area contributed by atoms with Crippen LogP contribution in [0.15, 0.2) is 30.0 Å². The van der Waals surface area contributed by atoms with Gasteiger partial charge < -0.3 is 9.92 Å². The monoisotopic (exact) mass is 255 g/mol. The fourth-order valence-corrected chi connectivity index (χ4v) is 2.03. The van der Waals surface area contributed by atoms with Gasteiger partial charge in [0.2, 0.25) is 0 Å². The summed E-state index contributed by atoms with van der Waals surface area (Å²) in [6.07, 6.45) is 1.12. The molecule has 1 aromatic rings. The molecule has 7 heteroatoms. The number of ketones is 1. The zero-order valence-electron chi connectivity index (χ0n) is 8.58. The van der Waals surface area contributed by atoms with Crippen molar-refractivity contribution in [1.82, 2.24) is 0 Å². The summed E-state index contributed by atoms with van der Waals surface area (Å²) in [4.78, 5) is 11.6. The lowest BCUT2D eigenvalue weighted by Crippen LogP contribution is -2.14. The van der Waals surface area contributed by atoms with E-state index in [1.807, 2.05) is 0 Å². The Morgan fingerprint density at radius 3 is 2.71 bits per heavy atom. The number of fused-ring (bicyclic) bond motifs is 1. The lowest BCUT2D eigenvalue weighted by Gasteiger charge is -2.15. The molecule has 3 N–H and O–H groups in total. The van der Waals surface area contributed by atoms with Gasteiger partial charge in [-0.2, -0.15) is 8.42 Å². The number of allylic oxidation sites excluding steroid dienone is 2. The van der Waals surface area contributed by atoms with E-state index in [-0.39, 0.29) is 18.0 Å². The summed E-state index contributed by atoms with van der Waals surface area (Å²) >= 11 is 0. The smallest absolute Gasteiger partial charge is 0.399 e. The molecule has 6 nitrogen and oxygen atoms in total. The van der Waals surface area contributed by atoms with Gasteiger partial charge in [-0.25, -0.2) is 0 Å². The van der Waals surface area contributed by atoms with Crippen LogP contribution in [0.3, 0.4) is 0 Å². The predicted molar refractivity (Wildman–Crippen MR) is 59.6 cm³/mol. The molecule has 90 valence electrons. The van der Waals surface area contributed by atoms with Crippen LogP contribution in [-0.2, 0) is 21.0 Å². The number of benzene rings is 1. The van der Waals surface area contributed by atoms with Crippen LogP contribution >= 0.6 is 0 Å². The topological polar surface area (TPSA) is 107 Å². The summed E-state index contributed by atoms with van der Waals surface area (Å²) in [6, 6.07) is 4.71. The minimum absolute atomic E-state index is 0.0892. The van der Waals surface area contributed by atoms with Crippen LogP contribution in [0.2, 0.25) is 0 Å². The number of nitrogens with two attached hydrogens (primary N) is 1. The molecule has 0 saturated heterocycles. The minimum atomic E-state index is -4.61. The minimum Gasteiger partial charge on any atom is -0.399 e. The Labute approximate surface area is 97.6 Å². The Morgan fingerprint density at radius 1 is 1.35 bits per heavy atom. The predicted octanol–water partition coefficient (Wildman–Crippen LogP) is 0.711. The van der Waals surface area contributed by atoms with E-state index >= 15 is 0 Å². The number of rotatable bonds is 2. The lowest BCUT2D eigenvalue weighted by atomic mass is 9.94. The van der Waals surface area contributed by atoms with Gasteiger partial charge in [-0.05, 0) is 23.8 Å². The summed E-state index contributed by atoms with van der Waals surface area (Å²) in [7, 11) is -4.61. The molecular weight excluding hydrogens is 246 g/mol. The third-order valence-corrected chi connectivity index (χ3v) is 2.69. The summed E-state index contributed by atoms with van der Waals surface area (Å²) in [5.74, 6) is -0.513. The third-order valence-electron chi connectivity index (χ3n) is 2.26. The van der Waals surface area contributed by atoms with Gasteiger partial charge in [0.05, 0.1) is 0 Å². The molecule has 0 aromatic heterocycles. The average molecular weight is 255 g/mol. The van der Waals surface area contributed by atoms with Gasteiger partial charge in [-0.15, -0.1) is 0 Å². The Morgan fingerprint density at radius 2 is 2.06 bits per heavy atom. The first-order valence-electron chi connectivity index (χ1n) is 4.65. The van der Waals surface area contributed by atoms with Crippen LogP contribution in [-0.4, -0.2) is 18.8 Å². The van der Waals surface area contributed by atoms with Gasteiger partial charge in [-0.3, -0.25) is 9.35 Å². The Balaban J connectivity index is 2.37. The molecule has 0 aliphatic heterocycles. The lowest BCUT2D eigenvalue weighted by molar-refractivity contribution is 0.103. The van der Waals surface area contributed by atoms with Gasteiger partial charge in [0.1, 0.15) is 5.76 Å². The van der Waals surface area contributed by atoms with Gasteiger partial charge in [-0.1, -0.05) is 0 Å². The highest BCUT2D eigenvalue weighted by Crippen LogP contribution is 2.24. The highest BCUT2D eigenvalue weighted by atomic mass is 32.3. The zero-order chi connectivity index (χ0) is 12.6. The fraction of sp³-hybridized carbons (Fsp3) is 0.100. The summed E-state index contributed by atoms with van der Waals surface area (Å²) in [5.41, 5.74) is 7.04. The Bertz CT molecular complexity index is 618. The van der Waals surface area contributed by atoms with Crippen LogP contribution in [0.4, 0.5) is 5.69 Å². The van der Waals surface area contributed by atoms with E-state index in [1.54, 1.807) is 18.2 Å². The van der Waals surface area contributed by atoms with Crippen LogP contribution in [0.25, 0.3) is 0 Å². The summed E-state index contributed by atoms with van der Waals surface area (Å²) in [5, 5.41) is 0. The standard InChI is InChI=1S/C10H9NO5S/c11-7-1-2-9-6(3-7)4-8(5-10(9)12)16-17(13,14)15/h1-3,5H,4,11H2,(H,13,14,15). The second kappa shape index (κ2) is 3.86. The molecule has 0 fully saturated rings. The van der Waals surface area contributed by atoms with Crippen molar-refractivity contribution in [2.75, 3.05) is 5.73 Å². The van der Waals surface area contributed by atoms with E-state index in [2.05, 4.69) is 4.18 Å². The second-order valence-corrected chi connectivity index (χ2v) is 4.60. The van der Waals surface area contributed by atoms with Crippen molar-refractivity contribution in [2.45, 2.75) is 6.42 Å². The first-order chi connectivity index (χ1) is 7.85. The maximum absolute atomic E-state index is 11.6. The van der Waals surface area contributed by atoms with Crippen molar-refractivity contribution in [3.8, 4) is 0 Å². The maximum Gasteiger partial charge on any atom is 0.446 e. The van der Waals surface area contributed by atoms with Gasteiger partial charge in [0.15, 0.2) is 5.78 Å². The number of anilines is 1. The van der Waals surface area contributed by atoms with E-state index in [9.17, 15) is 13.2 Å². The van der Waals surface area contributed by atoms with E-state index in [0.29, 0.717) is 16.8 Å². The number of hydrogen-bond acceptors (Lipinski definition) is 5. The van der Waals surface area contributed by atoms with Gasteiger partial charge >= 0.3 is 10.4 Å². The van der Waals surface area contributed by atoms with E-state index < -0.39 is 10.4 Å². The number of hydrogen-bond donors (Lipinski definition) is 2. The number of nitrogen functional groups attached to an aromatic ring is 1. The van der Waals surface area contributed by atoms with E-state index in [0.717, 1.165) is 6.08 Å². The molecule has 2 rings (SSSR count). The molecular formula is C10H9NO5S. The largest absolute Gasteiger partial charge is 0.446 e. The molecule has 0 bridgehead atoms. The van der Waals surface area contributed by atoms with E-state index in [4.69, 9.17) is 10.3 Å². The number of carbonyl (C=O) groups excluding carboxylic acids is 1. The van der Waals surface area contributed by atoms with E-state index in [1.165, 1.54) is 0 Å². The van der Waals surface area contributed by atoms with Crippen molar-refractivity contribution in [3.63, 3.8) is 0 Å². The highest BCUT2D eigenvalue weighted by molar-refractivity contribution is 7.81. The fourth-order valence-electron chi connectivity index (χ4n) is 1.65. The number of carbonyl (C=O) groups is 1. The Hall–Kier alpha value is -1.86. The summed E-state index contributed by atoms with van der Waals surface area (Å²) < 4.78 is 33.9. The molecule has 0 heterocycles. The highest BCUT2D eigenvalue weighted by Gasteiger charge is 2.21. The molecule has 0 unspecified atom stereocenters. The van der Waals surface area contributed by atoms with Crippen molar-refractivity contribution in [3.05, 3.63) is 41.2 Å². The molecule has 1 aromatic carbocycles. The summed E-state index contributed by atoms with van der Waals surface area (Å²) in [6.45, 7) is 0. The maximum atomic E-state index is 11.6. The molecule has 1 aliphatic rings.